The highest BCUT2D eigenvalue weighted by Crippen LogP contribution is 2.29. The van der Waals surface area contributed by atoms with Crippen LogP contribution in [0.4, 0.5) is 0 Å². The topological polar surface area (TPSA) is 30.5 Å². The van der Waals surface area contributed by atoms with E-state index in [-0.39, 0.29) is 0 Å². The molecule has 0 aromatic heterocycles. The molecule has 0 aliphatic carbocycles. The van der Waals surface area contributed by atoms with Crippen LogP contribution in [0.3, 0.4) is 0 Å². The van der Waals surface area contributed by atoms with E-state index < -0.39 is 0 Å². The lowest BCUT2D eigenvalue weighted by molar-refractivity contribution is 0.283. The van der Waals surface area contributed by atoms with Crippen LogP contribution in [-0.2, 0) is 13.2 Å². The van der Waals surface area contributed by atoms with Gasteiger partial charge in [0.1, 0.15) is 6.61 Å². The van der Waals surface area contributed by atoms with Gasteiger partial charge in [0.2, 0.25) is 0 Å². The van der Waals surface area contributed by atoms with E-state index in [1.165, 1.54) is 42.4 Å². The maximum Gasteiger partial charge on any atom is 0.161 e. The summed E-state index contributed by atoms with van der Waals surface area (Å²) in [6.07, 6.45) is 5.14. The number of unbranched alkanes of at least 4 members (excludes halogenated alkanes) is 3. The fourth-order valence-electron chi connectivity index (χ4n) is 2.78. The van der Waals surface area contributed by atoms with Gasteiger partial charge >= 0.3 is 0 Å². The number of nitrogens with one attached hydrogen (secondary N) is 1. The summed E-state index contributed by atoms with van der Waals surface area (Å²) in [5.41, 5.74) is 3.66. The van der Waals surface area contributed by atoms with Crippen molar-refractivity contribution in [1.29, 1.82) is 0 Å². The van der Waals surface area contributed by atoms with Crippen molar-refractivity contribution in [2.24, 2.45) is 0 Å². The van der Waals surface area contributed by atoms with Crippen LogP contribution in [0.15, 0.2) is 42.5 Å². The molecule has 136 valence electrons. The van der Waals surface area contributed by atoms with E-state index >= 15 is 0 Å². The summed E-state index contributed by atoms with van der Waals surface area (Å²) in [5.74, 6) is 1.58. The average molecular weight is 341 g/mol. The molecule has 2 aromatic carbocycles. The Labute approximate surface area is 152 Å². The number of rotatable bonds is 11. The standard InChI is InChI=1S/C22H31NO2/c1-4-5-6-9-14-23-16-19-12-13-21(22(15-19)24-3)25-17-20-11-8-7-10-18(20)2/h7-8,10-13,15,23H,4-6,9,14,16-17H2,1-3H3. The van der Waals surface area contributed by atoms with Gasteiger partial charge in [-0.25, -0.2) is 0 Å². The summed E-state index contributed by atoms with van der Waals surface area (Å²) in [4.78, 5) is 0. The zero-order valence-corrected chi connectivity index (χ0v) is 15.8. The highest BCUT2D eigenvalue weighted by Gasteiger charge is 2.07. The van der Waals surface area contributed by atoms with Crippen molar-refractivity contribution in [3.05, 3.63) is 59.2 Å². The van der Waals surface area contributed by atoms with Crippen LogP contribution in [0.1, 0.15) is 49.3 Å². The maximum atomic E-state index is 5.97. The minimum Gasteiger partial charge on any atom is -0.493 e. The number of hydrogen-bond donors (Lipinski definition) is 1. The van der Waals surface area contributed by atoms with Gasteiger partial charge in [-0.05, 0) is 48.7 Å². The van der Waals surface area contributed by atoms with Crippen molar-refractivity contribution >= 4 is 0 Å². The van der Waals surface area contributed by atoms with Gasteiger partial charge < -0.3 is 14.8 Å². The molecule has 0 bridgehead atoms. The van der Waals surface area contributed by atoms with Gasteiger partial charge in [-0.1, -0.05) is 56.5 Å². The van der Waals surface area contributed by atoms with E-state index in [0.29, 0.717) is 6.61 Å². The van der Waals surface area contributed by atoms with Crippen molar-refractivity contribution in [3.63, 3.8) is 0 Å². The Morgan fingerprint density at radius 2 is 1.80 bits per heavy atom. The quantitative estimate of drug-likeness (QED) is 0.566. The summed E-state index contributed by atoms with van der Waals surface area (Å²) >= 11 is 0. The predicted molar refractivity (Wildman–Crippen MR) is 104 cm³/mol. The summed E-state index contributed by atoms with van der Waals surface area (Å²) in [6.45, 7) is 6.82. The summed E-state index contributed by atoms with van der Waals surface area (Å²) < 4.78 is 11.5. The molecule has 0 saturated carbocycles. The second-order valence-corrected chi connectivity index (χ2v) is 6.44. The molecule has 2 aromatic rings. The third kappa shape index (κ3) is 6.43. The summed E-state index contributed by atoms with van der Waals surface area (Å²) in [5, 5.41) is 3.50. The fraction of sp³-hybridized carbons (Fsp3) is 0.455. The maximum absolute atomic E-state index is 5.97. The normalized spacial score (nSPS) is 10.7. The van der Waals surface area contributed by atoms with Crippen LogP contribution < -0.4 is 14.8 Å². The minimum atomic E-state index is 0.554. The van der Waals surface area contributed by atoms with Crippen molar-refractivity contribution in [1.82, 2.24) is 5.32 Å². The van der Waals surface area contributed by atoms with Gasteiger partial charge in [0.15, 0.2) is 11.5 Å². The first-order valence-electron chi connectivity index (χ1n) is 9.29. The van der Waals surface area contributed by atoms with E-state index in [2.05, 4.69) is 43.4 Å². The molecular weight excluding hydrogens is 310 g/mol. The van der Waals surface area contributed by atoms with Crippen LogP contribution in [-0.4, -0.2) is 13.7 Å². The zero-order valence-electron chi connectivity index (χ0n) is 15.8. The lowest BCUT2D eigenvalue weighted by Gasteiger charge is -2.13. The molecule has 0 heterocycles. The molecule has 0 radical (unpaired) electrons. The highest BCUT2D eigenvalue weighted by molar-refractivity contribution is 5.43. The molecular formula is C22H31NO2. The van der Waals surface area contributed by atoms with Crippen molar-refractivity contribution in [3.8, 4) is 11.5 Å². The SMILES string of the molecule is CCCCCCNCc1ccc(OCc2ccccc2C)c(OC)c1. The number of aryl methyl sites for hydroxylation is 1. The van der Waals surface area contributed by atoms with Gasteiger partial charge in [-0.2, -0.15) is 0 Å². The molecule has 0 saturated heterocycles. The molecule has 2 rings (SSSR count). The van der Waals surface area contributed by atoms with Gasteiger partial charge in [0.25, 0.3) is 0 Å². The molecule has 0 amide bonds. The first kappa shape index (κ1) is 19.3. The Morgan fingerprint density at radius 1 is 0.960 bits per heavy atom. The van der Waals surface area contributed by atoms with Gasteiger partial charge in [0.05, 0.1) is 7.11 Å². The lowest BCUT2D eigenvalue weighted by Crippen LogP contribution is -2.14. The lowest BCUT2D eigenvalue weighted by atomic mass is 10.1. The van der Waals surface area contributed by atoms with Gasteiger partial charge in [0, 0.05) is 6.54 Å². The summed E-state index contributed by atoms with van der Waals surface area (Å²) in [6, 6.07) is 14.5. The monoisotopic (exact) mass is 341 g/mol. The van der Waals surface area contributed by atoms with Gasteiger partial charge in [-0.15, -0.1) is 0 Å². The second kappa shape index (κ2) is 10.8. The van der Waals surface area contributed by atoms with Crippen LogP contribution in [0.2, 0.25) is 0 Å². The van der Waals surface area contributed by atoms with Crippen molar-refractivity contribution in [2.75, 3.05) is 13.7 Å². The van der Waals surface area contributed by atoms with E-state index in [1.54, 1.807) is 7.11 Å². The Kier molecular flexibility index (Phi) is 8.33. The van der Waals surface area contributed by atoms with Crippen molar-refractivity contribution in [2.45, 2.75) is 52.7 Å². The number of ether oxygens (including phenoxy) is 2. The minimum absolute atomic E-state index is 0.554. The fourth-order valence-corrected chi connectivity index (χ4v) is 2.78. The Hall–Kier alpha value is -2.00. The molecule has 0 aliphatic rings. The number of hydrogen-bond acceptors (Lipinski definition) is 3. The Bertz CT molecular complexity index is 640. The van der Waals surface area contributed by atoms with Crippen LogP contribution >= 0.6 is 0 Å². The Morgan fingerprint density at radius 3 is 2.56 bits per heavy atom. The highest BCUT2D eigenvalue weighted by atomic mass is 16.5. The molecule has 25 heavy (non-hydrogen) atoms. The third-order valence-electron chi connectivity index (χ3n) is 4.41. The molecule has 0 fully saturated rings. The number of benzene rings is 2. The van der Waals surface area contributed by atoms with E-state index in [4.69, 9.17) is 9.47 Å². The van der Waals surface area contributed by atoms with Gasteiger partial charge in [-0.3, -0.25) is 0 Å². The largest absolute Gasteiger partial charge is 0.493 e. The van der Waals surface area contributed by atoms with E-state index in [9.17, 15) is 0 Å². The molecule has 0 unspecified atom stereocenters. The van der Waals surface area contributed by atoms with Crippen LogP contribution in [0.25, 0.3) is 0 Å². The molecule has 0 spiro atoms. The zero-order chi connectivity index (χ0) is 17.9. The average Bonchev–Trinajstić information content (AvgIpc) is 2.64. The summed E-state index contributed by atoms with van der Waals surface area (Å²) in [7, 11) is 1.69. The molecule has 3 heteroatoms. The third-order valence-corrected chi connectivity index (χ3v) is 4.41. The smallest absolute Gasteiger partial charge is 0.161 e. The predicted octanol–water partition coefficient (Wildman–Crippen LogP) is 5.25. The Balaban J connectivity index is 1.87. The first-order valence-corrected chi connectivity index (χ1v) is 9.29. The molecule has 3 nitrogen and oxygen atoms in total. The first-order chi connectivity index (χ1) is 12.2. The second-order valence-electron chi connectivity index (χ2n) is 6.44. The number of methoxy groups -OCH3 is 1. The van der Waals surface area contributed by atoms with Crippen LogP contribution in [0, 0.1) is 6.92 Å². The van der Waals surface area contributed by atoms with E-state index in [0.717, 1.165) is 24.6 Å². The molecule has 0 atom stereocenters. The molecule has 0 aliphatic heterocycles. The van der Waals surface area contributed by atoms with Crippen LogP contribution in [0.5, 0.6) is 11.5 Å². The van der Waals surface area contributed by atoms with E-state index in [1.807, 2.05) is 18.2 Å². The molecule has 1 N–H and O–H groups in total. The van der Waals surface area contributed by atoms with Crippen molar-refractivity contribution < 1.29 is 9.47 Å².